The maximum absolute atomic E-state index is 12.1. The molecule has 2 heterocycles. The summed E-state index contributed by atoms with van der Waals surface area (Å²) >= 11 is 0. The summed E-state index contributed by atoms with van der Waals surface area (Å²) in [6.45, 7) is 2.91. The van der Waals surface area contributed by atoms with Gasteiger partial charge in [0.25, 0.3) is 5.91 Å². The van der Waals surface area contributed by atoms with Crippen LogP contribution < -0.4 is 10.6 Å². The SMILES string of the molecule is Cc1ccnc(NC(=O)c2ccc3c(c2)NCC3)c1. The van der Waals surface area contributed by atoms with Gasteiger partial charge >= 0.3 is 0 Å². The molecule has 0 saturated carbocycles. The summed E-state index contributed by atoms with van der Waals surface area (Å²) in [6.07, 6.45) is 2.71. The number of carbonyl (C=O) groups excluding carboxylic acids is 1. The number of hydrogen-bond donors (Lipinski definition) is 2. The van der Waals surface area contributed by atoms with Crippen LogP contribution in [0.5, 0.6) is 0 Å². The van der Waals surface area contributed by atoms with Crippen LogP contribution in [0, 0.1) is 6.92 Å². The van der Waals surface area contributed by atoms with Crippen LogP contribution in [-0.4, -0.2) is 17.4 Å². The van der Waals surface area contributed by atoms with Crippen LogP contribution in [-0.2, 0) is 6.42 Å². The largest absolute Gasteiger partial charge is 0.384 e. The minimum atomic E-state index is -0.130. The van der Waals surface area contributed by atoms with Crippen molar-refractivity contribution in [3.05, 3.63) is 53.2 Å². The number of fused-ring (bicyclic) bond motifs is 1. The first kappa shape index (κ1) is 11.7. The number of amides is 1. The minimum absolute atomic E-state index is 0.130. The van der Waals surface area contributed by atoms with Crippen LogP contribution in [0.2, 0.25) is 0 Å². The van der Waals surface area contributed by atoms with E-state index in [0.29, 0.717) is 11.4 Å². The normalized spacial score (nSPS) is 12.7. The Morgan fingerprint density at radius 1 is 1.32 bits per heavy atom. The number of aromatic nitrogens is 1. The van der Waals surface area contributed by atoms with Crippen molar-refractivity contribution in [1.82, 2.24) is 4.98 Å². The molecule has 4 nitrogen and oxygen atoms in total. The second kappa shape index (κ2) is 4.72. The van der Waals surface area contributed by atoms with Crippen molar-refractivity contribution in [1.29, 1.82) is 0 Å². The molecule has 4 heteroatoms. The van der Waals surface area contributed by atoms with Gasteiger partial charge in [0, 0.05) is 24.0 Å². The average Bonchev–Trinajstić information content (AvgIpc) is 2.85. The first-order chi connectivity index (χ1) is 9.22. The fourth-order valence-corrected chi connectivity index (χ4v) is 2.23. The summed E-state index contributed by atoms with van der Waals surface area (Å²) in [4.78, 5) is 16.3. The van der Waals surface area contributed by atoms with Gasteiger partial charge in [-0.15, -0.1) is 0 Å². The molecular formula is C15H15N3O. The lowest BCUT2D eigenvalue weighted by atomic mass is 10.1. The monoisotopic (exact) mass is 253 g/mol. The van der Waals surface area contributed by atoms with Crippen molar-refractivity contribution in [3.63, 3.8) is 0 Å². The van der Waals surface area contributed by atoms with E-state index in [9.17, 15) is 4.79 Å². The molecule has 1 aromatic heterocycles. The molecule has 1 aromatic carbocycles. The fourth-order valence-electron chi connectivity index (χ4n) is 2.23. The first-order valence-electron chi connectivity index (χ1n) is 6.33. The number of anilines is 2. The van der Waals surface area contributed by atoms with Gasteiger partial charge in [-0.1, -0.05) is 6.07 Å². The van der Waals surface area contributed by atoms with Gasteiger partial charge in [0.05, 0.1) is 0 Å². The second-order valence-corrected chi connectivity index (χ2v) is 4.72. The van der Waals surface area contributed by atoms with Crippen LogP contribution in [0.3, 0.4) is 0 Å². The molecular weight excluding hydrogens is 238 g/mol. The first-order valence-corrected chi connectivity index (χ1v) is 6.33. The van der Waals surface area contributed by atoms with Crippen molar-refractivity contribution in [3.8, 4) is 0 Å². The zero-order valence-corrected chi connectivity index (χ0v) is 10.7. The van der Waals surface area contributed by atoms with E-state index in [-0.39, 0.29) is 5.91 Å². The van der Waals surface area contributed by atoms with Gasteiger partial charge in [-0.3, -0.25) is 4.79 Å². The maximum atomic E-state index is 12.1. The van der Waals surface area contributed by atoms with Gasteiger partial charge in [-0.25, -0.2) is 4.98 Å². The Balaban J connectivity index is 1.81. The van der Waals surface area contributed by atoms with E-state index < -0.39 is 0 Å². The summed E-state index contributed by atoms with van der Waals surface area (Å²) in [7, 11) is 0. The molecule has 0 saturated heterocycles. The van der Waals surface area contributed by atoms with E-state index in [1.807, 2.05) is 37.3 Å². The lowest BCUT2D eigenvalue weighted by Gasteiger charge is -2.07. The van der Waals surface area contributed by atoms with Crippen molar-refractivity contribution < 1.29 is 4.79 Å². The number of nitrogens with zero attached hydrogens (tertiary/aromatic N) is 1. The smallest absolute Gasteiger partial charge is 0.256 e. The predicted octanol–water partition coefficient (Wildman–Crippen LogP) is 2.61. The Hall–Kier alpha value is -2.36. The van der Waals surface area contributed by atoms with Crippen LogP contribution in [0.25, 0.3) is 0 Å². The standard InChI is InChI=1S/C15H15N3O/c1-10-4-6-17-14(8-10)18-15(19)12-3-2-11-5-7-16-13(11)9-12/h2-4,6,8-9,16H,5,7H2,1H3,(H,17,18,19). The average molecular weight is 253 g/mol. The van der Waals surface area contributed by atoms with Crippen LogP contribution in [0.1, 0.15) is 21.5 Å². The molecule has 0 bridgehead atoms. The van der Waals surface area contributed by atoms with E-state index >= 15 is 0 Å². The van der Waals surface area contributed by atoms with E-state index in [2.05, 4.69) is 15.6 Å². The van der Waals surface area contributed by atoms with Gasteiger partial charge in [-0.2, -0.15) is 0 Å². The summed E-state index contributed by atoms with van der Waals surface area (Å²) in [5.74, 6) is 0.452. The molecule has 0 unspecified atom stereocenters. The highest BCUT2D eigenvalue weighted by Gasteiger charge is 2.13. The molecule has 1 aliphatic rings. The van der Waals surface area contributed by atoms with E-state index in [4.69, 9.17) is 0 Å². The molecule has 0 atom stereocenters. The number of aryl methyl sites for hydroxylation is 1. The lowest BCUT2D eigenvalue weighted by molar-refractivity contribution is 0.102. The molecule has 96 valence electrons. The topological polar surface area (TPSA) is 54.0 Å². The molecule has 2 aromatic rings. The van der Waals surface area contributed by atoms with Crippen LogP contribution in [0.15, 0.2) is 36.5 Å². The zero-order chi connectivity index (χ0) is 13.2. The Labute approximate surface area is 111 Å². The maximum Gasteiger partial charge on any atom is 0.256 e. The van der Waals surface area contributed by atoms with Gasteiger partial charge in [0.15, 0.2) is 0 Å². The highest BCUT2D eigenvalue weighted by atomic mass is 16.1. The summed E-state index contributed by atoms with van der Waals surface area (Å²) in [6, 6.07) is 9.51. The van der Waals surface area contributed by atoms with Crippen molar-refractivity contribution in [2.75, 3.05) is 17.2 Å². The van der Waals surface area contributed by atoms with Crippen molar-refractivity contribution >= 4 is 17.4 Å². The van der Waals surface area contributed by atoms with Gasteiger partial charge in [0.1, 0.15) is 5.82 Å². The quantitative estimate of drug-likeness (QED) is 0.865. The van der Waals surface area contributed by atoms with E-state index in [0.717, 1.165) is 24.2 Å². The molecule has 3 rings (SSSR count). The number of hydrogen-bond acceptors (Lipinski definition) is 3. The van der Waals surface area contributed by atoms with Crippen molar-refractivity contribution in [2.24, 2.45) is 0 Å². The molecule has 1 amide bonds. The van der Waals surface area contributed by atoms with Gasteiger partial charge < -0.3 is 10.6 Å². The highest BCUT2D eigenvalue weighted by Crippen LogP contribution is 2.23. The lowest BCUT2D eigenvalue weighted by Crippen LogP contribution is -2.13. The highest BCUT2D eigenvalue weighted by molar-refractivity contribution is 6.04. The molecule has 19 heavy (non-hydrogen) atoms. The Bertz CT molecular complexity index is 637. The number of pyridine rings is 1. The summed E-state index contributed by atoms with van der Waals surface area (Å²) in [5, 5.41) is 6.09. The zero-order valence-electron chi connectivity index (χ0n) is 10.7. The molecule has 0 fully saturated rings. The Morgan fingerprint density at radius 3 is 3.05 bits per heavy atom. The number of benzene rings is 1. The Kier molecular flexibility index (Phi) is 2.91. The molecule has 0 radical (unpaired) electrons. The number of nitrogens with one attached hydrogen (secondary N) is 2. The molecule has 0 aliphatic carbocycles. The third-order valence-electron chi connectivity index (χ3n) is 3.24. The van der Waals surface area contributed by atoms with E-state index in [1.54, 1.807) is 6.20 Å². The number of rotatable bonds is 2. The van der Waals surface area contributed by atoms with Crippen LogP contribution in [0.4, 0.5) is 11.5 Å². The van der Waals surface area contributed by atoms with Gasteiger partial charge in [-0.05, 0) is 48.7 Å². The second-order valence-electron chi connectivity index (χ2n) is 4.72. The van der Waals surface area contributed by atoms with Crippen molar-refractivity contribution in [2.45, 2.75) is 13.3 Å². The van der Waals surface area contributed by atoms with E-state index in [1.165, 1.54) is 5.56 Å². The van der Waals surface area contributed by atoms with Crippen LogP contribution >= 0.6 is 0 Å². The minimum Gasteiger partial charge on any atom is -0.384 e. The molecule has 2 N–H and O–H groups in total. The third-order valence-corrected chi connectivity index (χ3v) is 3.24. The summed E-state index contributed by atoms with van der Waals surface area (Å²) < 4.78 is 0. The summed E-state index contributed by atoms with van der Waals surface area (Å²) in [5.41, 5.74) is 4.05. The van der Waals surface area contributed by atoms with Gasteiger partial charge in [0.2, 0.25) is 0 Å². The third kappa shape index (κ3) is 2.42. The fraction of sp³-hybridized carbons (Fsp3) is 0.200. The predicted molar refractivity (Wildman–Crippen MR) is 75.6 cm³/mol. The Morgan fingerprint density at radius 2 is 2.21 bits per heavy atom. The molecule has 0 spiro atoms. The molecule has 1 aliphatic heterocycles. The number of carbonyl (C=O) groups is 1.